The quantitative estimate of drug-likeness (QED) is 0.774. The Morgan fingerprint density at radius 2 is 2.16 bits per heavy atom. The normalized spacial score (nSPS) is 16.4. The zero-order valence-electron chi connectivity index (χ0n) is 11.9. The number of rotatable bonds is 8. The Hall–Kier alpha value is -0.540. The number of nitrogens with one attached hydrogen (secondary N) is 1. The molecule has 1 aromatic carbocycles. The number of aryl methyl sites for hydroxylation is 1. The first-order valence-electron chi connectivity index (χ1n) is 7.25. The second kappa shape index (κ2) is 7.30. The van der Waals surface area contributed by atoms with Crippen LogP contribution in [0.1, 0.15) is 38.2 Å². The molecule has 3 heteroatoms. The van der Waals surface area contributed by atoms with Gasteiger partial charge in [-0.15, -0.1) is 0 Å². The van der Waals surface area contributed by atoms with Gasteiger partial charge in [0.25, 0.3) is 0 Å². The summed E-state index contributed by atoms with van der Waals surface area (Å²) >= 11 is 3.53. The molecule has 0 saturated heterocycles. The fourth-order valence-corrected chi connectivity index (χ4v) is 2.72. The lowest BCUT2D eigenvalue weighted by molar-refractivity contribution is 0.404. The van der Waals surface area contributed by atoms with Crippen molar-refractivity contribution in [3.63, 3.8) is 0 Å². The van der Waals surface area contributed by atoms with Crippen molar-refractivity contribution in [3.05, 3.63) is 28.2 Å². The van der Waals surface area contributed by atoms with Gasteiger partial charge in [-0.3, -0.25) is 0 Å². The maximum absolute atomic E-state index is 5.42. The average molecular weight is 326 g/mol. The molecule has 0 heterocycles. The smallest absolute Gasteiger partial charge is 0.122 e. The van der Waals surface area contributed by atoms with Crippen LogP contribution in [0.25, 0.3) is 0 Å². The van der Waals surface area contributed by atoms with Gasteiger partial charge in [0.05, 0.1) is 7.11 Å². The Balaban J connectivity index is 1.75. The highest BCUT2D eigenvalue weighted by Crippen LogP contribution is 2.26. The van der Waals surface area contributed by atoms with Crippen molar-refractivity contribution in [2.75, 3.05) is 13.7 Å². The Morgan fingerprint density at radius 3 is 2.84 bits per heavy atom. The van der Waals surface area contributed by atoms with Crippen molar-refractivity contribution in [2.24, 2.45) is 5.92 Å². The van der Waals surface area contributed by atoms with E-state index in [0.717, 1.165) is 28.6 Å². The van der Waals surface area contributed by atoms with Crippen LogP contribution in [0.5, 0.6) is 5.75 Å². The van der Waals surface area contributed by atoms with Crippen LogP contribution in [-0.2, 0) is 6.42 Å². The van der Waals surface area contributed by atoms with Crippen molar-refractivity contribution in [3.8, 4) is 5.75 Å². The molecule has 0 spiro atoms. The molecule has 1 atom stereocenters. The van der Waals surface area contributed by atoms with Crippen LogP contribution >= 0.6 is 15.9 Å². The Bertz CT molecular complexity index is 404. The largest absolute Gasteiger partial charge is 0.496 e. The number of ether oxygens (including phenoxy) is 1. The van der Waals surface area contributed by atoms with E-state index in [1.54, 1.807) is 7.11 Å². The number of methoxy groups -OCH3 is 1. The number of benzene rings is 1. The first-order valence-corrected chi connectivity index (χ1v) is 8.04. The van der Waals surface area contributed by atoms with Gasteiger partial charge >= 0.3 is 0 Å². The van der Waals surface area contributed by atoms with Crippen LogP contribution in [0.3, 0.4) is 0 Å². The van der Waals surface area contributed by atoms with Gasteiger partial charge in [0, 0.05) is 10.5 Å². The Kier molecular flexibility index (Phi) is 5.71. The van der Waals surface area contributed by atoms with E-state index >= 15 is 0 Å². The highest BCUT2D eigenvalue weighted by molar-refractivity contribution is 9.10. The van der Waals surface area contributed by atoms with Crippen molar-refractivity contribution >= 4 is 15.9 Å². The van der Waals surface area contributed by atoms with Crippen molar-refractivity contribution < 1.29 is 4.74 Å². The lowest BCUT2D eigenvalue weighted by Gasteiger charge is -2.14. The molecule has 106 valence electrons. The monoisotopic (exact) mass is 325 g/mol. The van der Waals surface area contributed by atoms with Gasteiger partial charge in [0.15, 0.2) is 0 Å². The lowest BCUT2D eigenvalue weighted by Crippen LogP contribution is -2.19. The molecule has 1 saturated carbocycles. The van der Waals surface area contributed by atoms with Gasteiger partial charge in [-0.25, -0.2) is 0 Å². The second-order valence-corrected chi connectivity index (χ2v) is 6.53. The Labute approximate surface area is 125 Å². The molecule has 1 aliphatic carbocycles. The molecule has 1 N–H and O–H groups in total. The number of halogens is 1. The van der Waals surface area contributed by atoms with E-state index in [4.69, 9.17) is 4.74 Å². The topological polar surface area (TPSA) is 21.3 Å². The third kappa shape index (κ3) is 5.15. The molecule has 0 aromatic heterocycles. The maximum Gasteiger partial charge on any atom is 0.122 e. The number of hydrogen-bond acceptors (Lipinski definition) is 2. The van der Waals surface area contributed by atoms with E-state index in [-0.39, 0.29) is 0 Å². The fourth-order valence-electron chi connectivity index (χ4n) is 2.31. The third-order valence-corrected chi connectivity index (χ3v) is 4.29. The van der Waals surface area contributed by atoms with Crippen LogP contribution in [0.15, 0.2) is 22.7 Å². The summed E-state index contributed by atoms with van der Waals surface area (Å²) in [4.78, 5) is 0. The van der Waals surface area contributed by atoms with E-state index < -0.39 is 0 Å². The minimum absolute atomic E-state index is 0.759. The van der Waals surface area contributed by atoms with Crippen LogP contribution in [0, 0.1) is 5.92 Å². The van der Waals surface area contributed by atoms with E-state index in [9.17, 15) is 0 Å². The van der Waals surface area contributed by atoms with E-state index in [0.29, 0.717) is 0 Å². The molecule has 1 unspecified atom stereocenters. The first kappa shape index (κ1) is 14.9. The van der Waals surface area contributed by atoms with Crippen molar-refractivity contribution in [2.45, 2.75) is 45.1 Å². The average Bonchev–Trinajstić information content (AvgIpc) is 3.20. The Morgan fingerprint density at radius 1 is 1.37 bits per heavy atom. The van der Waals surface area contributed by atoms with E-state index in [2.05, 4.69) is 34.2 Å². The van der Waals surface area contributed by atoms with Gasteiger partial charge in [0.1, 0.15) is 5.75 Å². The number of hydrogen-bond donors (Lipinski definition) is 1. The molecular formula is C16H24BrNO. The lowest BCUT2D eigenvalue weighted by atomic mass is 9.98. The molecular weight excluding hydrogens is 302 g/mol. The van der Waals surface area contributed by atoms with Crippen LogP contribution in [0.4, 0.5) is 0 Å². The molecule has 0 radical (unpaired) electrons. The van der Waals surface area contributed by atoms with E-state index in [1.165, 1.54) is 37.8 Å². The highest BCUT2D eigenvalue weighted by atomic mass is 79.9. The van der Waals surface area contributed by atoms with Gasteiger partial charge in [-0.2, -0.15) is 0 Å². The summed E-state index contributed by atoms with van der Waals surface area (Å²) in [5.41, 5.74) is 1.30. The summed E-state index contributed by atoms with van der Waals surface area (Å²) in [7, 11) is 1.75. The summed E-state index contributed by atoms with van der Waals surface area (Å²) < 4.78 is 6.55. The molecule has 19 heavy (non-hydrogen) atoms. The minimum Gasteiger partial charge on any atom is -0.496 e. The third-order valence-electron chi connectivity index (χ3n) is 3.80. The molecule has 2 nitrogen and oxygen atoms in total. The van der Waals surface area contributed by atoms with Crippen LogP contribution in [0.2, 0.25) is 0 Å². The summed E-state index contributed by atoms with van der Waals surface area (Å²) in [6, 6.07) is 7.08. The van der Waals surface area contributed by atoms with Crippen molar-refractivity contribution in [1.29, 1.82) is 0 Å². The summed E-state index contributed by atoms with van der Waals surface area (Å²) in [5.74, 6) is 1.77. The molecule has 1 fully saturated rings. The summed E-state index contributed by atoms with van der Waals surface area (Å²) in [6.45, 7) is 3.51. The van der Waals surface area contributed by atoms with Gasteiger partial charge in [0.2, 0.25) is 0 Å². The van der Waals surface area contributed by atoms with E-state index in [1.807, 2.05) is 12.1 Å². The van der Waals surface area contributed by atoms with Crippen LogP contribution < -0.4 is 10.1 Å². The maximum atomic E-state index is 5.42. The second-order valence-electron chi connectivity index (χ2n) is 5.62. The summed E-state index contributed by atoms with van der Waals surface area (Å²) in [6.07, 6.45) is 6.34. The predicted octanol–water partition coefficient (Wildman–Crippen LogP) is 4.17. The first-order chi connectivity index (χ1) is 9.19. The molecule has 0 bridgehead atoms. The fraction of sp³-hybridized carbons (Fsp3) is 0.625. The van der Waals surface area contributed by atoms with Gasteiger partial charge < -0.3 is 10.1 Å². The predicted molar refractivity (Wildman–Crippen MR) is 83.8 cm³/mol. The van der Waals surface area contributed by atoms with Gasteiger partial charge in [-0.1, -0.05) is 22.9 Å². The molecule has 1 aromatic rings. The molecule has 0 aliphatic heterocycles. The van der Waals surface area contributed by atoms with Gasteiger partial charge in [-0.05, 0) is 68.3 Å². The molecule has 1 aliphatic rings. The SMILES string of the molecule is COc1ccc(Br)cc1CCC(C)CCNC1CC1. The molecule has 0 amide bonds. The minimum atomic E-state index is 0.759. The van der Waals surface area contributed by atoms with Crippen molar-refractivity contribution in [1.82, 2.24) is 5.32 Å². The highest BCUT2D eigenvalue weighted by Gasteiger charge is 2.19. The zero-order chi connectivity index (χ0) is 13.7. The standard InChI is InChI=1S/C16H24BrNO/c1-12(9-10-18-15-6-7-15)3-4-13-11-14(17)5-8-16(13)19-2/h5,8,11-12,15,18H,3-4,6-7,9-10H2,1-2H3. The summed E-state index contributed by atoms with van der Waals surface area (Å²) in [5, 5.41) is 3.59. The zero-order valence-corrected chi connectivity index (χ0v) is 13.5. The van der Waals surface area contributed by atoms with Crippen LogP contribution in [-0.4, -0.2) is 19.7 Å². The molecule has 2 rings (SSSR count).